The van der Waals surface area contributed by atoms with Crippen LogP contribution in [0, 0.1) is 5.92 Å². The summed E-state index contributed by atoms with van der Waals surface area (Å²) < 4.78 is 0. The lowest BCUT2D eigenvalue weighted by molar-refractivity contribution is 0.629. The molecule has 0 bridgehead atoms. The van der Waals surface area contributed by atoms with E-state index in [2.05, 4.69) is 23.9 Å². The zero-order valence-electron chi connectivity index (χ0n) is 6.25. The zero-order valence-corrected chi connectivity index (χ0v) is 7.07. The van der Waals surface area contributed by atoms with Crippen LogP contribution in [0.4, 0.5) is 0 Å². The fraction of sp³-hybridized carbons (Fsp3) is 0.750. The second-order valence-electron chi connectivity index (χ2n) is 2.64. The fourth-order valence-electron chi connectivity index (χ4n) is 1.19. The molecule has 0 aliphatic carbocycles. The van der Waals surface area contributed by atoms with Gasteiger partial charge in [0.2, 0.25) is 0 Å². The molecule has 1 atom stereocenters. The molecule has 1 aliphatic rings. The third-order valence-electron chi connectivity index (χ3n) is 1.74. The van der Waals surface area contributed by atoms with Gasteiger partial charge in [-0.2, -0.15) is 11.8 Å². The lowest BCUT2D eigenvalue weighted by Gasteiger charge is -2.17. The quantitative estimate of drug-likeness (QED) is 0.617. The summed E-state index contributed by atoms with van der Waals surface area (Å²) in [5.41, 5.74) is 5.35. The highest BCUT2D eigenvalue weighted by molar-refractivity contribution is 7.99. The molecule has 10 heavy (non-hydrogen) atoms. The Morgan fingerprint density at radius 1 is 1.60 bits per heavy atom. The molecule has 0 amide bonds. The third kappa shape index (κ3) is 2.76. The van der Waals surface area contributed by atoms with E-state index in [9.17, 15) is 0 Å². The van der Waals surface area contributed by atoms with Crippen molar-refractivity contribution in [3.05, 3.63) is 12.2 Å². The number of nitrogens with two attached hydrogens (primary N) is 1. The Bertz CT molecular complexity index is 106. The molecule has 1 fully saturated rings. The Kier molecular flexibility index (Phi) is 3.91. The molecule has 2 heteroatoms. The van der Waals surface area contributed by atoms with Gasteiger partial charge in [-0.3, -0.25) is 0 Å². The predicted octanol–water partition coefficient (Wildman–Crippen LogP) is 1.64. The molecule has 1 nitrogen and oxygen atoms in total. The average molecular weight is 157 g/mol. The van der Waals surface area contributed by atoms with Gasteiger partial charge < -0.3 is 5.73 Å². The molecule has 0 aromatic carbocycles. The molecule has 1 unspecified atom stereocenters. The van der Waals surface area contributed by atoms with Gasteiger partial charge in [0, 0.05) is 6.54 Å². The smallest absolute Gasteiger partial charge is 0.0106 e. The van der Waals surface area contributed by atoms with E-state index >= 15 is 0 Å². The lowest BCUT2D eigenvalue weighted by Crippen LogP contribution is -2.08. The number of hydrogen-bond acceptors (Lipinski definition) is 2. The minimum absolute atomic E-state index is 0.696. The second-order valence-corrected chi connectivity index (χ2v) is 3.79. The van der Waals surface area contributed by atoms with Gasteiger partial charge in [0.15, 0.2) is 0 Å². The Labute approximate surface area is 67.1 Å². The van der Waals surface area contributed by atoms with Crippen LogP contribution < -0.4 is 5.73 Å². The SMILES string of the molecule is NC/C=C/C1CCCSC1. The topological polar surface area (TPSA) is 26.0 Å². The van der Waals surface area contributed by atoms with E-state index in [1.165, 1.54) is 24.3 Å². The van der Waals surface area contributed by atoms with E-state index in [-0.39, 0.29) is 0 Å². The van der Waals surface area contributed by atoms with E-state index in [0.29, 0.717) is 6.54 Å². The van der Waals surface area contributed by atoms with Gasteiger partial charge in [-0.15, -0.1) is 0 Å². The van der Waals surface area contributed by atoms with Gasteiger partial charge >= 0.3 is 0 Å². The first-order chi connectivity index (χ1) is 4.93. The van der Waals surface area contributed by atoms with E-state index in [1.54, 1.807) is 0 Å². The summed E-state index contributed by atoms with van der Waals surface area (Å²) in [6.45, 7) is 0.696. The van der Waals surface area contributed by atoms with Crippen molar-refractivity contribution in [1.29, 1.82) is 0 Å². The number of hydrogen-bond donors (Lipinski definition) is 1. The molecule has 1 aliphatic heterocycles. The van der Waals surface area contributed by atoms with Crippen molar-refractivity contribution in [2.75, 3.05) is 18.1 Å². The van der Waals surface area contributed by atoms with Gasteiger partial charge in [0.1, 0.15) is 0 Å². The van der Waals surface area contributed by atoms with Crippen molar-refractivity contribution in [2.24, 2.45) is 11.7 Å². The molecule has 0 spiro atoms. The van der Waals surface area contributed by atoms with Crippen molar-refractivity contribution < 1.29 is 0 Å². The maximum absolute atomic E-state index is 5.35. The second kappa shape index (κ2) is 4.80. The Morgan fingerprint density at radius 3 is 3.10 bits per heavy atom. The maximum Gasteiger partial charge on any atom is 0.0106 e. The summed E-state index contributed by atoms with van der Waals surface area (Å²) in [5.74, 6) is 3.46. The first kappa shape index (κ1) is 8.15. The molecule has 1 saturated heterocycles. The monoisotopic (exact) mass is 157 g/mol. The van der Waals surface area contributed by atoms with Gasteiger partial charge in [0.05, 0.1) is 0 Å². The van der Waals surface area contributed by atoms with Crippen LogP contribution in [0.1, 0.15) is 12.8 Å². The molecule has 1 rings (SSSR count). The standard InChI is InChI=1S/C8H15NS/c9-5-1-3-8-4-2-6-10-7-8/h1,3,8H,2,4-7,9H2/b3-1+. The summed E-state index contributed by atoms with van der Waals surface area (Å²) in [4.78, 5) is 0. The molecule has 2 N–H and O–H groups in total. The molecule has 0 aromatic heterocycles. The zero-order chi connectivity index (χ0) is 7.23. The lowest BCUT2D eigenvalue weighted by atomic mass is 10.1. The highest BCUT2D eigenvalue weighted by Crippen LogP contribution is 2.23. The van der Waals surface area contributed by atoms with Crippen LogP contribution in [0.2, 0.25) is 0 Å². The van der Waals surface area contributed by atoms with Gasteiger partial charge in [-0.05, 0) is 30.3 Å². The number of thioether (sulfide) groups is 1. The molecule has 1 heterocycles. The number of allylic oxidation sites excluding steroid dienone is 1. The Morgan fingerprint density at radius 2 is 2.50 bits per heavy atom. The summed E-state index contributed by atoms with van der Waals surface area (Å²) >= 11 is 2.06. The molecule has 58 valence electrons. The fourth-order valence-corrected chi connectivity index (χ4v) is 2.31. The van der Waals surface area contributed by atoms with Crippen molar-refractivity contribution in [3.8, 4) is 0 Å². The Balaban J connectivity index is 2.19. The first-order valence-electron chi connectivity index (χ1n) is 3.88. The molecular weight excluding hydrogens is 142 g/mol. The van der Waals surface area contributed by atoms with Crippen LogP contribution in [-0.4, -0.2) is 18.1 Å². The summed E-state index contributed by atoms with van der Waals surface area (Å²) in [7, 11) is 0. The Hall–Kier alpha value is 0.0500. The minimum atomic E-state index is 0.696. The van der Waals surface area contributed by atoms with Gasteiger partial charge in [0.25, 0.3) is 0 Å². The van der Waals surface area contributed by atoms with Gasteiger partial charge in [-0.25, -0.2) is 0 Å². The highest BCUT2D eigenvalue weighted by atomic mass is 32.2. The van der Waals surface area contributed by atoms with Crippen molar-refractivity contribution in [3.63, 3.8) is 0 Å². The van der Waals surface area contributed by atoms with E-state index in [1.807, 2.05) is 0 Å². The van der Waals surface area contributed by atoms with Crippen molar-refractivity contribution >= 4 is 11.8 Å². The van der Waals surface area contributed by atoms with Crippen LogP contribution in [0.15, 0.2) is 12.2 Å². The molecule has 0 saturated carbocycles. The van der Waals surface area contributed by atoms with Crippen molar-refractivity contribution in [1.82, 2.24) is 0 Å². The summed E-state index contributed by atoms with van der Waals surface area (Å²) in [6, 6.07) is 0. The molecular formula is C8H15NS. The largest absolute Gasteiger partial charge is 0.327 e. The van der Waals surface area contributed by atoms with Gasteiger partial charge in [-0.1, -0.05) is 12.2 Å². The van der Waals surface area contributed by atoms with Crippen LogP contribution in [0.5, 0.6) is 0 Å². The van der Waals surface area contributed by atoms with Crippen LogP contribution in [0.3, 0.4) is 0 Å². The first-order valence-corrected chi connectivity index (χ1v) is 5.03. The van der Waals surface area contributed by atoms with Crippen LogP contribution in [-0.2, 0) is 0 Å². The number of rotatable bonds is 2. The summed E-state index contributed by atoms with van der Waals surface area (Å²) in [6.07, 6.45) is 7.09. The van der Waals surface area contributed by atoms with E-state index in [4.69, 9.17) is 5.73 Å². The van der Waals surface area contributed by atoms with E-state index < -0.39 is 0 Å². The third-order valence-corrected chi connectivity index (χ3v) is 2.98. The minimum Gasteiger partial charge on any atom is -0.327 e. The predicted molar refractivity (Wildman–Crippen MR) is 48.2 cm³/mol. The highest BCUT2D eigenvalue weighted by Gasteiger charge is 2.09. The average Bonchev–Trinajstić information content (AvgIpc) is 2.03. The molecule has 0 aromatic rings. The van der Waals surface area contributed by atoms with E-state index in [0.717, 1.165) is 5.92 Å². The maximum atomic E-state index is 5.35. The van der Waals surface area contributed by atoms with Crippen LogP contribution in [0.25, 0.3) is 0 Å². The summed E-state index contributed by atoms with van der Waals surface area (Å²) in [5, 5.41) is 0. The van der Waals surface area contributed by atoms with Crippen LogP contribution >= 0.6 is 11.8 Å². The molecule has 0 radical (unpaired) electrons. The van der Waals surface area contributed by atoms with Crippen molar-refractivity contribution in [2.45, 2.75) is 12.8 Å². The normalized spacial score (nSPS) is 27.5.